The van der Waals surface area contributed by atoms with E-state index in [2.05, 4.69) is 20.8 Å². The van der Waals surface area contributed by atoms with Gasteiger partial charge in [0.15, 0.2) is 0 Å². The van der Waals surface area contributed by atoms with E-state index < -0.39 is 0 Å². The normalized spacial score (nSPS) is 18.2. The molecule has 1 saturated heterocycles. The third-order valence-corrected chi connectivity index (χ3v) is 4.42. The zero-order valence-electron chi connectivity index (χ0n) is 10.7. The summed E-state index contributed by atoms with van der Waals surface area (Å²) in [7, 11) is 1.76. The zero-order chi connectivity index (χ0) is 13.0. The summed E-state index contributed by atoms with van der Waals surface area (Å²) in [6.07, 6.45) is 2.33. The summed E-state index contributed by atoms with van der Waals surface area (Å²) in [4.78, 5) is 2.38. The van der Waals surface area contributed by atoms with Crippen LogP contribution in [-0.2, 0) is 11.3 Å². The summed E-state index contributed by atoms with van der Waals surface area (Å²) in [6.45, 7) is 3.81. The van der Waals surface area contributed by atoms with Crippen molar-refractivity contribution < 1.29 is 9.13 Å². The van der Waals surface area contributed by atoms with E-state index in [1.54, 1.807) is 13.2 Å². The van der Waals surface area contributed by atoms with Crippen molar-refractivity contribution in [3.63, 3.8) is 0 Å². The van der Waals surface area contributed by atoms with Crippen LogP contribution < -0.4 is 0 Å². The number of benzene rings is 1. The number of halogens is 2. The quantitative estimate of drug-likeness (QED) is 0.844. The van der Waals surface area contributed by atoms with Gasteiger partial charge in [0.1, 0.15) is 5.82 Å². The number of hydrogen-bond donors (Lipinski definition) is 0. The molecule has 0 radical (unpaired) electrons. The van der Waals surface area contributed by atoms with Gasteiger partial charge in [-0.3, -0.25) is 4.90 Å². The van der Waals surface area contributed by atoms with Gasteiger partial charge in [-0.15, -0.1) is 0 Å². The first kappa shape index (κ1) is 14.0. The van der Waals surface area contributed by atoms with E-state index in [0.717, 1.165) is 31.8 Å². The second-order valence-corrected chi connectivity index (χ2v) is 5.68. The van der Waals surface area contributed by atoms with Gasteiger partial charge in [-0.05, 0) is 59.4 Å². The summed E-state index contributed by atoms with van der Waals surface area (Å²) in [5.41, 5.74) is 1.03. The van der Waals surface area contributed by atoms with Gasteiger partial charge in [0.2, 0.25) is 0 Å². The molecule has 1 aromatic carbocycles. The molecule has 1 heterocycles. The molecule has 0 bridgehead atoms. The van der Waals surface area contributed by atoms with Gasteiger partial charge in [0, 0.05) is 20.3 Å². The summed E-state index contributed by atoms with van der Waals surface area (Å²) >= 11 is 3.32. The molecule has 0 aliphatic carbocycles. The Morgan fingerprint density at radius 3 is 2.78 bits per heavy atom. The second kappa shape index (κ2) is 6.64. The van der Waals surface area contributed by atoms with Crippen LogP contribution in [0, 0.1) is 11.7 Å². The highest BCUT2D eigenvalue weighted by Crippen LogP contribution is 2.24. The third-order valence-electron chi connectivity index (χ3n) is 3.54. The average Bonchev–Trinajstić information content (AvgIpc) is 2.38. The lowest BCUT2D eigenvalue weighted by Gasteiger charge is -2.31. The van der Waals surface area contributed by atoms with Crippen LogP contribution in [0.5, 0.6) is 0 Å². The Morgan fingerprint density at radius 1 is 1.39 bits per heavy atom. The molecule has 18 heavy (non-hydrogen) atoms. The molecule has 0 amide bonds. The Kier molecular flexibility index (Phi) is 5.15. The van der Waals surface area contributed by atoms with Crippen LogP contribution in [0.15, 0.2) is 22.7 Å². The molecule has 0 aromatic heterocycles. The van der Waals surface area contributed by atoms with E-state index in [9.17, 15) is 4.39 Å². The lowest BCUT2D eigenvalue weighted by Crippen LogP contribution is -2.34. The van der Waals surface area contributed by atoms with Crippen molar-refractivity contribution in [1.82, 2.24) is 4.90 Å². The zero-order valence-corrected chi connectivity index (χ0v) is 12.2. The van der Waals surface area contributed by atoms with Crippen molar-refractivity contribution in [3.05, 3.63) is 34.1 Å². The second-order valence-electron chi connectivity index (χ2n) is 4.89. The first-order chi connectivity index (χ1) is 8.70. The van der Waals surface area contributed by atoms with Gasteiger partial charge in [-0.2, -0.15) is 0 Å². The maximum absolute atomic E-state index is 13.4. The topological polar surface area (TPSA) is 12.5 Å². The highest BCUT2D eigenvalue weighted by Gasteiger charge is 2.19. The van der Waals surface area contributed by atoms with E-state index in [-0.39, 0.29) is 5.82 Å². The van der Waals surface area contributed by atoms with Crippen molar-refractivity contribution in [2.45, 2.75) is 19.4 Å². The molecule has 0 N–H and O–H groups in total. The Labute approximate surface area is 116 Å². The highest BCUT2D eigenvalue weighted by atomic mass is 79.9. The van der Waals surface area contributed by atoms with Crippen molar-refractivity contribution in [3.8, 4) is 0 Å². The number of likely N-dealkylation sites (tertiary alicyclic amines) is 1. The van der Waals surface area contributed by atoms with Gasteiger partial charge in [-0.25, -0.2) is 4.39 Å². The van der Waals surface area contributed by atoms with Crippen molar-refractivity contribution in [2.75, 3.05) is 26.8 Å². The minimum absolute atomic E-state index is 0.179. The minimum Gasteiger partial charge on any atom is -0.384 e. The molecule has 1 aliphatic rings. The molecule has 0 atom stereocenters. The fraction of sp³-hybridized carbons (Fsp3) is 0.571. The van der Waals surface area contributed by atoms with Crippen LogP contribution in [0.25, 0.3) is 0 Å². The molecule has 4 heteroatoms. The summed E-state index contributed by atoms with van der Waals surface area (Å²) < 4.78 is 19.2. The predicted octanol–water partition coefficient (Wildman–Crippen LogP) is 3.45. The third kappa shape index (κ3) is 3.53. The molecule has 100 valence electrons. The standard InChI is InChI=1S/C14H19BrFNO/c1-18-10-11-5-7-17(8-6-11)9-12-3-2-4-13(16)14(12)15/h2-4,11H,5-10H2,1H3. The molecular weight excluding hydrogens is 297 g/mol. The van der Waals surface area contributed by atoms with Crippen LogP contribution in [0.2, 0.25) is 0 Å². The predicted molar refractivity (Wildman–Crippen MR) is 74.0 cm³/mol. The van der Waals surface area contributed by atoms with Crippen molar-refractivity contribution in [1.29, 1.82) is 0 Å². The van der Waals surface area contributed by atoms with Gasteiger partial charge in [0.25, 0.3) is 0 Å². The Hall–Kier alpha value is -0.450. The largest absolute Gasteiger partial charge is 0.384 e. The number of nitrogens with zero attached hydrogens (tertiary/aromatic N) is 1. The Bertz CT molecular complexity index is 391. The van der Waals surface area contributed by atoms with E-state index in [1.807, 2.05) is 6.07 Å². The Morgan fingerprint density at radius 2 is 2.11 bits per heavy atom. The monoisotopic (exact) mass is 315 g/mol. The van der Waals surface area contributed by atoms with Gasteiger partial charge in [-0.1, -0.05) is 12.1 Å². The summed E-state index contributed by atoms with van der Waals surface area (Å²) in [5.74, 6) is 0.504. The van der Waals surface area contributed by atoms with E-state index in [1.165, 1.54) is 18.9 Å². The number of ether oxygens (including phenoxy) is 1. The average molecular weight is 316 g/mol. The molecule has 1 fully saturated rings. The summed E-state index contributed by atoms with van der Waals surface area (Å²) in [5, 5.41) is 0. The molecular formula is C14H19BrFNO. The molecule has 0 saturated carbocycles. The van der Waals surface area contributed by atoms with Crippen LogP contribution in [0.3, 0.4) is 0 Å². The molecule has 2 rings (SSSR count). The van der Waals surface area contributed by atoms with Crippen LogP contribution >= 0.6 is 15.9 Å². The number of methoxy groups -OCH3 is 1. The van der Waals surface area contributed by atoms with Crippen molar-refractivity contribution >= 4 is 15.9 Å². The number of piperidine rings is 1. The van der Waals surface area contributed by atoms with E-state index in [0.29, 0.717) is 10.4 Å². The molecule has 1 aliphatic heterocycles. The van der Waals surface area contributed by atoms with Crippen molar-refractivity contribution in [2.24, 2.45) is 5.92 Å². The maximum Gasteiger partial charge on any atom is 0.137 e. The lowest BCUT2D eigenvalue weighted by atomic mass is 9.97. The van der Waals surface area contributed by atoms with Crippen LogP contribution in [0.1, 0.15) is 18.4 Å². The first-order valence-electron chi connectivity index (χ1n) is 6.35. The number of hydrogen-bond acceptors (Lipinski definition) is 2. The van der Waals surface area contributed by atoms with Gasteiger partial charge in [0.05, 0.1) is 4.47 Å². The maximum atomic E-state index is 13.4. The van der Waals surface area contributed by atoms with Gasteiger partial charge < -0.3 is 4.74 Å². The van der Waals surface area contributed by atoms with Gasteiger partial charge >= 0.3 is 0 Å². The lowest BCUT2D eigenvalue weighted by molar-refractivity contribution is 0.0967. The minimum atomic E-state index is -0.179. The van der Waals surface area contributed by atoms with Crippen LogP contribution in [0.4, 0.5) is 4.39 Å². The fourth-order valence-electron chi connectivity index (χ4n) is 2.46. The first-order valence-corrected chi connectivity index (χ1v) is 7.14. The molecule has 0 spiro atoms. The molecule has 0 unspecified atom stereocenters. The SMILES string of the molecule is COCC1CCN(Cc2cccc(F)c2Br)CC1. The smallest absolute Gasteiger partial charge is 0.137 e. The highest BCUT2D eigenvalue weighted by molar-refractivity contribution is 9.10. The molecule has 1 aromatic rings. The fourth-order valence-corrected chi connectivity index (χ4v) is 2.85. The van der Waals surface area contributed by atoms with E-state index >= 15 is 0 Å². The summed E-state index contributed by atoms with van der Waals surface area (Å²) in [6, 6.07) is 5.24. The van der Waals surface area contributed by atoms with Crippen LogP contribution in [-0.4, -0.2) is 31.7 Å². The Balaban J connectivity index is 1.90. The molecule has 2 nitrogen and oxygen atoms in total. The number of rotatable bonds is 4. The van der Waals surface area contributed by atoms with E-state index in [4.69, 9.17) is 4.74 Å².